The van der Waals surface area contributed by atoms with Crippen LogP contribution in [-0.2, 0) is 4.79 Å². The van der Waals surface area contributed by atoms with Gasteiger partial charge >= 0.3 is 0 Å². The lowest BCUT2D eigenvalue weighted by Gasteiger charge is -2.39. The molecule has 0 saturated heterocycles. The van der Waals surface area contributed by atoms with E-state index >= 15 is 0 Å². The second kappa shape index (κ2) is 3.87. The monoisotopic (exact) mass is 309 g/mol. The zero-order valence-corrected chi connectivity index (χ0v) is 11.0. The molecule has 3 nitrogen and oxygen atoms in total. The zero-order chi connectivity index (χ0) is 11.0. The van der Waals surface area contributed by atoms with Gasteiger partial charge in [0.1, 0.15) is 5.78 Å². The molecule has 80 valence electrons. The van der Waals surface area contributed by atoms with Crippen molar-refractivity contribution in [2.45, 2.75) is 27.2 Å². The molecule has 0 amide bonds. The van der Waals surface area contributed by atoms with Gasteiger partial charge in [0.15, 0.2) is 0 Å². The van der Waals surface area contributed by atoms with Crippen molar-refractivity contribution in [3.63, 3.8) is 0 Å². The number of nitrogens with zero attached hydrogens (tertiary/aromatic N) is 1. The number of rotatable bonds is 3. The second-order valence-electron chi connectivity index (χ2n) is 4.75. The largest absolute Gasteiger partial charge is 0.299 e. The van der Waals surface area contributed by atoms with E-state index in [4.69, 9.17) is 0 Å². The normalized spacial score (nSPS) is 36.0. The lowest BCUT2D eigenvalue weighted by Crippen LogP contribution is -2.44. The van der Waals surface area contributed by atoms with Crippen LogP contribution in [0.25, 0.3) is 0 Å². The minimum Gasteiger partial charge on any atom is -0.299 e. The van der Waals surface area contributed by atoms with Gasteiger partial charge in [-0.1, -0.05) is 48.5 Å². The molecule has 0 aromatic heterocycles. The number of hydrogen-bond acceptors (Lipinski definition) is 3. The smallest absolute Gasteiger partial charge is 0.142 e. The Morgan fingerprint density at radius 2 is 2.14 bits per heavy atom. The Labute approximate surface area is 98.1 Å². The average molecular weight is 309 g/mol. The van der Waals surface area contributed by atoms with Gasteiger partial charge in [-0.2, -0.15) is 4.91 Å². The van der Waals surface area contributed by atoms with E-state index < -0.39 is 5.41 Å². The van der Waals surface area contributed by atoms with Gasteiger partial charge in [-0.3, -0.25) is 4.79 Å². The SMILES string of the molecule is CC1CC(=O)C(CI)(CN=O)C1(C)C. The quantitative estimate of drug-likeness (QED) is 0.457. The van der Waals surface area contributed by atoms with Crippen molar-refractivity contribution < 1.29 is 4.79 Å². The Bertz CT molecular complexity index is 265. The van der Waals surface area contributed by atoms with Crippen LogP contribution in [0.4, 0.5) is 0 Å². The highest BCUT2D eigenvalue weighted by Crippen LogP contribution is 2.54. The van der Waals surface area contributed by atoms with Crippen molar-refractivity contribution in [3.8, 4) is 0 Å². The first-order valence-electron chi connectivity index (χ1n) is 4.81. The summed E-state index contributed by atoms with van der Waals surface area (Å²) in [6.07, 6.45) is 0.589. The standard InChI is InChI=1S/C10H16INO2/c1-7-4-8(13)10(5-11,6-12-14)9(7,2)3/h7H,4-6H2,1-3H3. The van der Waals surface area contributed by atoms with Crippen molar-refractivity contribution in [1.82, 2.24) is 0 Å². The van der Waals surface area contributed by atoms with Crippen molar-refractivity contribution in [3.05, 3.63) is 4.91 Å². The van der Waals surface area contributed by atoms with E-state index in [1.165, 1.54) is 0 Å². The molecule has 2 unspecified atom stereocenters. The Morgan fingerprint density at radius 1 is 1.57 bits per heavy atom. The minimum absolute atomic E-state index is 0.112. The van der Waals surface area contributed by atoms with Crippen LogP contribution in [0.5, 0.6) is 0 Å². The fourth-order valence-electron chi connectivity index (χ4n) is 2.25. The molecule has 0 aromatic rings. The molecule has 0 radical (unpaired) electrons. The van der Waals surface area contributed by atoms with E-state index in [2.05, 4.69) is 48.5 Å². The highest BCUT2D eigenvalue weighted by atomic mass is 127. The number of carbonyl (C=O) groups is 1. The number of hydrogen-bond donors (Lipinski definition) is 0. The predicted molar refractivity (Wildman–Crippen MR) is 64.6 cm³/mol. The van der Waals surface area contributed by atoms with Crippen molar-refractivity contribution in [2.75, 3.05) is 11.0 Å². The number of Topliss-reactive ketones (excluding diaryl/α,β-unsaturated/α-hetero) is 1. The third kappa shape index (κ3) is 1.42. The molecule has 1 rings (SSSR count). The molecule has 14 heavy (non-hydrogen) atoms. The third-order valence-electron chi connectivity index (χ3n) is 4.05. The fourth-order valence-corrected chi connectivity index (χ4v) is 3.90. The van der Waals surface area contributed by atoms with Crippen LogP contribution in [0.3, 0.4) is 0 Å². The summed E-state index contributed by atoms with van der Waals surface area (Å²) in [5.41, 5.74) is -0.631. The maximum absolute atomic E-state index is 11.9. The van der Waals surface area contributed by atoms with Gasteiger partial charge in [0.25, 0.3) is 0 Å². The molecule has 1 aliphatic rings. The molecule has 0 spiro atoms. The van der Waals surface area contributed by atoms with Crippen molar-refractivity contribution in [2.24, 2.45) is 21.9 Å². The van der Waals surface area contributed by atoms with Gasteiger partial charge < -0.3 is 0 Å². The molecule has 4 heteroatoms. The van der Waals surface area contributed by atoms with Crippen LogP contribution in [0.2, 0.25) is 0 Å². The second-order valence-corrected chi connectivity index (χ2v) is 5.52. The van der Waals surface area contributed by atoms with Gasteiger partial charge in [0.2, 0.25) is 0 Å². The van der Waals surface area contributed by atoms with Crippen LogP contribution in [0.1, 0.15) is 27.2 Å². The van der Waals surface area contributed by atoms with Crippen LogP contribution in [-0.4, -0.2) is 16.8 Å². The molecular formula is C10H16INO2. The summed E-state index contributed by atoms with van der Waals surface area (Å²) in [4.78, 5) is 22.4. The Hall–Kier alpha value is -0.0000000000000000555. The maximum atomic E-state index is 11.9. The molecule has 1 saturated carbocycles. The Kier molecular flexibility index (Phi) is 3.33. The molecule has 0 heterocycles. The lowest BCUT2D eigenvalue weighted by atomic mass is 9.66. The van der Waals surface area contributed by atoms with Gasteiger partial charge in [-0.25, -0.2) is 0 Å². The molecule has 0 bridgehead atoms. The van der Waals surface area contributed by atoms with Crippen LogP contribution < -0.4 is 0 Å². The van der Waals surface area contributed by atoms with E-state index in [1.54, 1.807) is 0 Å². The number of carbonyl (C=O) groups excluding carboxylic acids is 1. The molecule has 0 N–H and O–H groups in total. The predicted octanol–water partition coefficient (Wildman–Crippen LogP) is 2.81. The van der Waals surface area contributed by atoms with Crippen molar-refractivity contribution in [1.29, 1.82) is 0 Å². The first-order valence-corrected chi connectivity index (χ1v) is 6.33. The molecule has 2 atom stereocenters. The summed E-state index contributed by atoms with van der Waals surface area (Å²) in [6, 6.07) is 0. The maximum Gasteiger partial charge on any atom is 0.142 e. The lowest BCUT2D eigenvalue weighted by molar-refractivity contribution is -0.126. The number of halogens is 1. The average Bonchev–Trinajstić information content (AvgIpc) is 2.27. The zero-order valence-electron chi connectivity index (χ0n) is 8.84. The Morgan fingerprint density at radius 3 is 2.43 bits per heavy atom. The third-order valence-corrected chi connectivity index (χ3v) is 5.36. The number of nitroso groups, excluding NO2 is 1. The summed E-state index contributed by atoms with van der Waals surface area (Å²) < 4.78 is 0.687. The van der Waals surface area contributed by atoms with Gasteiger partial charge in [0, 0.05) is 10.8 Å². The number of alkyl halides is 1. The van der Waals surface area contributed by atoms with Gasteiger partial charge in [0.05, 0.1) is 12.0 Å². The summed E-state index contributed by atoms with van der Waals surface area (Å²) in [6.45, 7) is 6.36. The highest BCUT2D eigenvalue weighted by molar-refractivity contribution is 14.1. The Balaban J connectivity index is 3.14. The number of ketones is 1. The summed E-state index contributed by atoms with van der Waals surface area (Å²) in [7, 11) is 0. The van der Waals surface area contributed by atoms with E-state index in [0.717, 1.165) is 0 Å². The van der Waals surface area contributed by atoms with E-state index in [1.807, 2.05) is 0 Å². The van der Waals surface area contributed by atoms with Crippen LogP contribution in [0.15, 0.2) is 5.18 Å². The molecule has 1 aliphatic carbocycles. The van der Waals surface area contributed by atoms with E-state index in [-0.39, 0.29) is 17.7 Å². The van der Waals surface area contributed by atoms with Gasteiger partial charge in [-0.15, -0.1) is 0 Å². The molecule has 0 aromatic carbocycles. The molecular weight excluding hydrogens is 293 g/mol. The first kappa shape index (κ1) is 12.1. The first-order chi connectivity index (χ1) is 6.42. The van der Waals surface area contributed by atoms with E-state index in [0.29, 0.717) is 16.8 Å². The molecule has 1 fully saturated rings. The van der Waals surface area contributed by atoms with Gasteiger partial charge in [-0.05, 0) is 11.3 Å². The summed E-state index contributed by atoms with van der Waals surface area (Å²) >= 11 is 2.20. The topological polar surface area (TPSA) is 46.5 Å². The van der Waals surface area contributed by atoms with Crippen LogP contribution in [0, 0.1) is 21.7 Å². The summed E-state index contributed by atoms with van der Waals surface area (Å²) in [5.74, 6) is 0.551. The van der Waals surface area contributed by atoms with E-state index in [9.17, 15) is 9.70 Å². The molecule has 0 aliphatic heterocycles. The fraction of sp³-hybridized carbons (Fsp3) is 0.900. The highest BCUT2D eigenvalue weighted by Gasteiger charge is 2.58. The minimum atomic E-state index is -0.519. The van der Waals surface area contributed by atoms with Crippen LogP contribution >= 0.6 is 22.6 Å². The summed E-state index contributed by atoms with van der Waals surface area (Å²) in [5, 5.41) is 2.97. The van der Waals surface area contributed by atoms with Crippen molar-refractivity contribution >= 4 is 28.4 Å².